The number of hydrogen-bond acceptors (Lipinski definition) is 2. The molecule has 1 aliphatic heterocycles. The number of likely N-dealkylation sites (tertiary alicyclic amines) is 1. The summed E-state index contributed by atoms with van der Waals surface area (Å²) in [5.41, 5.74) is 7.45. The van der Waals surface area contributed by atoms with E-state index in [4.69, 9.17) is 5.73 Å². The van der Waals surface area contributed by atoms with E-state index in [-0.39, 0.29) is 6.04 Å². The molecule has 2 unspecified atom stereocenters. The molecule has 0 bridgehead atoms. The van der Waals surface area contributed by atoms with Crippen LogP contribution in [0.15, 0.2) is 28.7 Å². The van der Waals surface area contributed by atoms with Crippen LogP contribution in [-0.4, -0.2) is 24.5 Å². The van der Waals surface area contributed by atoms with E-state index in [1.807, 2.05) is 0 Å². The van der Waals surface area contributed by atoms with Gasteiger partial charge in [0.15, 0.2) is 0 Å². The van der Waals surface area contributed by atoms with Crippen molar-refractivity contribution in [3.8, 4) is 0 Å². The van der Waals surface area contributed by atoms with Gasteiger partial charge in [0.2, 0.25) is 0 Å². The van der Waals surface area contributed by atoms with Crippen LogP contribution in [0.25, 0.3) is 0 Å². The van der Waals surface area contributed by atoms with E-state index >= 15 is 0 Å². The van der Waals surface area contributed by atoms with E-state index in [0.29, 0.717) is 0 Å². The van der Waals surface area contributed by atoms with E-state index in [2.05, 4.69) is 52.0 Å². The molecule has 1 aromatic rings. The van der Waals surface area contributed by atoms with Gasteiger partial charge >= 0.3 is 0 Å². The van der Waals surface area contributed by atoms with Crippen molar-refractivity contribution in [2.75, 3.05) is 19.6 Å². The summed E-state index contributed by atoms with van der Waals surface area (Å²) in [4.78, 5) is 2.53. The lowest BCUT2D eigenvalue weighted by molar-refractivity contribution is 0.313. The molecule has 17 heavy (non-hydrogen) atoms. The molecule has 0 saturated carbocycles. The lowest BCUT2D eigenvalue weighted by atomic mass is 10.0. The predicted octanol–water partition coefficient (Wildman–Crippen LogP) is 3.18. The maximum absolute atomic E-state index is 6.22. The van der Waals surface area contributed by atoms with Crippen molar-refractivity contribution in [1.82, 2.24) is 4.90 Å². The zero-order valence-electron chi connectivity index (χ0n) is 10.4. The van der Waals surface area contributed by atoms with E-state index in [1.165, 1.54) is 25.1 Å². The minimum atomic E-state index is 0.166. The van der Waals surface area contributed by atoms with Crippen molar-refractivity contribution in [2.24, 2.45) is 11.7 Å². The Bertz CT molecular complexity index is 350. The molecular formula is C14H21BrN2. The molecule has 1 saturated heterocycles. The Hall–Kier alpha value is -0.380. The SMILES string of the molecule is CC1CCN(CCC(N)c2ccc(Br)cc2)C1. The molecule has 2 atom stereocenters. The van der Waals surface area contributed by atoms with Gasteiger partial charge in [-0.3, -0.25) is 0 Å². The molecule has 1 fully saturated rings. The zero-order valence-corrected chi connectivity index (χ0v) is 12.0. The standard InChI is InChI=1S/C14H21BrN2/c1-11-6-8-17(10-11)9-7-14(16)12-2-4-13(15)5-3-12/h2-5,11,14H,6-10,16H2,1H3. The molecule has 0 aliphatic carbocycles. The van der Waals surface area contributed by atoms with Crippen LogP contribution in [0.4, 0.5) is 0 Å². The molecule has 94 valence electrons. The molecule has 1 heterocycles. The molecule has 0 amide bonds. The van der Waals surface area contributed by atoms with E-state index in [1.54, 1.807) is 0 Å². The molecule has 0 spiro atoms. The minimum Gasteiger partial charge on any atom is -0.324 e. The number of rotatable bonds is 4. The normalized spacial score (nSPS) is 22.9. The average Bonchev–Trinajstić information content (AvgIpc) is 2.73. The van der Waals surface area contributed by atoms with Gasteiger partial charge in [-0.25, -0.2) is 0 Å². The highest BCUT2D eigenvalue weighted by Crippen LogP contribution is 2.20. The van der Waals surface area contributed by atoms with Gasteiger partial charge < -0.3 is 10.6 Å². The second-order valence-corrected chi connectivity index (χ2v) is 6.06. The molecule has 0 aromatic heterocycles. The summed E-state index contributed by atoms with van der Waals surface area (Å²) in [6.07, 6.45) is 2.39. The summed E-state index contributed by atoms with van der Waals surface area (Å²) >= 11 is 3.44. The largest absolute Gasteiger partial charge is 0.324 e. The molecule has 2 rings (SSSR count). The lowest BCUT2D eigenvalue weighted by Gasteiger charge is -2.18. The van der Waals surface area contributed by atoms with Crippen LogP contribution >= 0.6 is 15.9 Å². The third kappa shape index (κ3) is 3.80. The summed E-state index contributed by atoms with van der Waals surface area (Å²) in [5.74, 6) is 0.860. The van der Waals surface area contributed by atoms with Crippen LogP contribution in [0.1, 0.15) is 31.4 Å². The van der Waals surface area contributed by atoms with Gasteiger partial charge in [-0.2, -0.15) is 0 Å². The number of halogens is 1. The van der Waals surface area contributed by atoms with Gasteiger partial charge in [-0.15, -0.1) is 0 Å². The Kier molecular flexibility index (Phi) is 4.60. The van der Waals surface area contributed by atoms with E-state index < -0.39 is 0 Å². The first kappa shape index (κ1) is 13.1. The van der Waals surface area contributed by atoms with Crippen LogP contribution in [0.3, 0.4) is 0 Å². The van der Waals surface area contributed by atoms with Crippen LogP contribution < -0.4 is 5.73 Å². The Morgan fingerprint density at radius 2 is 2.12 bits per heavy atom. The van der Waals surface area contributed by atoms with Gasteiger partial charge in [-0.05, 0) is 49.5 Å². The van der Waals surface area contributed by atoms with Gasteiger partial charge in [0, 0.05) is 17.1 Å². The van der Waals surface area contributed by atoms with Crippen molar-refractivity contribution in [1.29, 1.82) is 0 Å². The molecule has 1 aliphatic rings. The van der Waals surface area contributed by atoms with Crippen molar-refractivity contribution in [3.05, 3.63) is 34.3 Å². The molecule has 2 N–H and O–H groups in total. The van der Waals surface area contributed by atoms with Crippen LogP contribution in [0.5, 0.6) is 0 Å². The number of nitrogens with two attached hydrogens (primary N) is 1. The fourth-order valence-corrected chi connectivity index (χ4v) is 2.69. The highest BCUT2D eigenvalue weighted by atomic mass is 79.9. The first-order chi connectivity index (χ1) is 8.15. The second kappa shape index (κ2) is 5.98. The number of hydrogen-bond donors (Lipinski definition) is 1. The fraction of sp³-hybridized carbons (Fsp3) is 0.571. The van der Waals surface area contributed by atoms with Crippen LogP contribution in [0.2, 0.25) is 0 Å². The van der Waals surface area contributed by atoms with E-state index in [0.717, 1.165) is 23.4 Å². The van der Waals surface area contributed by atoms with E-state index in [9.17, 15) is 0 Å². The third-order valence-corrected chi connectivity index (χ3v) is 4.09. The van der Waals surface area contributed by atoms with Crippen LogP contribution in [-0.2, 0) is 0 Å². The molecule has 1 aromatic carbocycles. The fourth-order valence-electron chi connectivity index (χ4n) is 2.43. The maximum atomic E-state index is 6.22. The van der Waals surface area contributed by atoms with Crippen molar-refractivity contribution < 1.29 is 0 Å². The zero-order chi connectivity index (χ0) is 12.3. The highest BCUT2D eigenvalue weighted by molar-refractivity contribution is 9.10. The Balaban J connectivity index is 1.81. The van der Waals surface area contributed by atoms with Crippen molar-refractivity contribution in [3.63, 3.8) is 0 Å². The Labute approximate surface area is 112 Å². The molecule has 2 nitrogen and oxygen atoms in total. The monoisotopic (exact) mass is 296 g/mol. The van der Waals surface area contributed by atoms with Crippen molar-refractivity contribution in [2.45, 2.75) is 25.8 Å². The van der Waals surface area contributed by atoms with Gasteiger partial charge in [-0.1, -0.05) is 35.0 Å². The summed E-state index contributed by atoms with van der Waals surface area (Å²) in [7, 11) is 0. The van der Waals surface area contributed by atoms with Gasteiger partial charge in [0.1, 0.15) is 0 Å². The average molecular weight is 297 g/mol. The first-order valence-corrected chi connectivity index (χ1v) is 7.18. The maximum Gasteiger partial charge on any atom is 0.0307 e. The van der Waals surface area contributed by atoms with Crippen LogP contribution in [0, 0.1) is 5.92 Å². The summed E-state index contributed by atoms with van der Waals surface area (Å²) < 4.78 is 1.11. The number of nitrogens with zero attached hydrogens (tertiary/aromatic N) is 1. The molecule has 3 heteroatoms. The second-order valence-electron chi connectivity index (χ2n) is 5.14. The summed E-state index contributed by atoms with van der Waals surface area (Å²) in [5, 5.41) is 0. The smallest absolute Gasteiger partial charge is 0.0307 e. The Morgan fingerprint density at radius 3 is 2.71 bits per heavy atom. The number of benzene rings is 1. The first-order valence-electron chi connectivity index (χ1n) is 6.38. The van der Waals surface area contributed by atoms with Crippen molar-refractivity contribution >= 4 is 15.9 Å². The quantitative estimate of drug-likeness (QED) is 0.925. The molecular weight excluding hydrogens is 276 g/mol. The third-order valence-electron chi connectivity index (χ3n) is 3.56. The topological polar surface area (TPSA) is 29.3 Å². The highest BCUT2D eigenvalue weighted by Gasteiger charge is 2.18. The summed E-state index contributed by atoms with van der Waals surface area (Å²) in [6, 6.07) is 8.52. The van der Waals surface area contributed by atoms with Gasteiger partial charge in [0.05, 0.1) is 0 Å². The minimum absolute atomic E-state index is 0.166. The lowest BCUT2D eigenvalue weighted by Crippen LogP contribution is -2.25. The summed E-state index contributed by atoms with van der Waals surface area (Å²) in [6.45, 7) is 5.94. The molecule has 0 radical (unpaired) electrons. The Morgan fingerprint density at radius 1 is 1.41 bits per heavy atom. The predicted molar refractivity (Wildman–Crippen MR) is 75.9 cm³/mol. The van der Waals surface area contributed by atoms with Gasteiger partial charge in [0.25, 0.3) is 0 Å².